The van der Waals surface area contributed by atoms with Crippen molar-refractivity contribution in [2.75, 3.05) is 209 Å². The standard InChI is InChI=1S/8C8H20N.4CH2O2S/c8*1-5-9(6-2,7-3)8-4;4*2-1(3)4/h8*5-8H2,1-4H3;4*(H2,2,3,4)/q8*+1;;;;/p-8. The SMILES string of the molecule is CC[N+](CC)(CC)CC.CC[N+](CC)(CC)CC.CC[N+](CC)(CC)CC.CC[N+](CC)(CC)CC.CC[N+](CC)(CC)CC.CC[N+](CC)(CC)CC.CC[N+](CC)(CC)CC.CC[N+](CC)(CC)CC.[O-]C([O-])=S.[O-]C([O-])=S.[O-]C([O-])=S.[O-]C([O-])=S. The van der Waals surface area contributed by atoms with Crippen LogP contribution in [0.25, 0.3) is 0 Å². The van der Waals surface area contributed by atoms with E-state index in [0.29, 0.717) is 0 Å². The minimum absolute atomic E-state index is 1.28. The van der Waals surface area contributed by atoms with Crippen LogP contribution in [0, 0.1) is 0 Å². The largest absolute Gasteiger partial charge is 0.876 e. The normalized spacial score (nSPS) is 10.9. The summed E-state index contributed by atoms with van der Waals surface area (Å²) >= 11 is 13.7. The lowest BCUT2D eigenvalue weighted by Crippen LogP contribution is -2.47. The summed E-state index contributed by atoms with van der Waals surface area (Å²) in [7, 11) is 0. The van der Waals surface area contributed by atoms with E-state index in [1.54, 1.807) is 0 Å². The van der Waals surface area contributed by atoms with Crippen LogP contribution in [0.1, 0.15) is 222 Å². The minimum Gasteiger partial charge on any atom is -0.876 e. The number of rotatable bonds is 32. The molecule has 0 fully saturated rings. The number of quaternary nitrogens is 8. The second-order valence-corrected chi connectivity index (χ2v) is 23.2. The van der Waals surface area contributed by atoms with Crippen molar-refractivity contribution in [1.82, 2.24) is 0 Å². The molecule has 0 radical (unpaired) electrons. The third kappa shape index (κ3) is 65.9. The van der Waals surface area contributed by atoms with E-state index in [9.17, 15) is 0 Å². The number of thiocarbonyl (C=S) groups is 4. The summed E-state index contributed by atoms with van der Waals surface area (Å²) in [6.45, 7) is 114. The van der Waals surface area contributed by atoms with E-state index in [1.807, 2.05) is 0 Å². The molecule has 0 unspecified atom stereocenters. The van der Waals surface area contributed by atoms with E-state index in [0.717, 1.165) is 0 Å². The number of hydrogen-bond acceptors (Lipinski definition) is 12. The Hall–Kier alpha value is -1.56. The maximum Gasteiger partial charge on any atom is 0.0757 e. The molecule has 20 heteroatoms. The van der Waals surface area contributed by atoms with E-state index in [4.69, 9.17) is 40.9 Å². The van der Waals surface area contributed by atoms with Crippen LogP contribution in [0.15, 0.2) is 0 Å². The highest BCUT2D eigenvalue weighted by atomic mass is 32.1. The summed E-state index contributed by atoms with van der Waals surface area (Å²) in [5, 5.41) is 63.6. The summed E-state index contributed by atoms with van der Waals surface area (Å²) in [5.41, 5.74) is 0. The van der Waals surface area contributed by atoms with Gasteiger partial charge in [0.15, 0.2) is 0 Å². The zero-order chi connectivity index (χ0) is 72.9. The molecular weight excluding hydrogens is 1190 g/mol. The zero-order valence-electron chi connectivity index (χ0n) is 65.1. The molecule has 0 aliphatic heterocycles. The average molecular weight is 1350 g/mol. The Morgan fingerprint density at radius 1 is 0.136 bits per heavy atom. The van der Waals surface area contributed by atoms with Gasteiger partial charge in [-0.3, -0.25) is 0 Å². The molecule has 16 nitrogen and oxygen atoms in total. The Bertz CT molecular complexity index is 984. The quantitative estimate of drug-likeness (QED) is 0.0496. The van der Waals surface area contributed by atoms with Crippen LogP contribution in [0.5, 0.6) is 0 Å². The third-order valence-corrected chi connectivity index (χ3v) is 21.5. The maximum atomic E-state index is 8.70. The first-order chi connectivity index (χ1) is 40.9. The molecule has 0 N–H and O–H groups in total. The van der Waals surface area contributed by atoms with Gasteiger partial charge in [-0.15, -0.1) is 69.8 Å². The molecule has 0 saturated carbocycles. The molecule has 0 amide bonds. The lowest BCUT2D eigenvalue weighted by atomic mass is 10.3. The van der Waals surface area contributed by atoms with Crippen LogP contribution >= 0.6 is 48.9 Å². The number of nitrogens with zero attached hydrogens (tertiary/aromatic N) is 8. The van der Waals surface area contributed by atoms with Gasteiger partial charge in [-0.2, -0.15) is 0 Å². The fourth-order valence-electron chi connectivity index (χ4n) is 10.7. The van der Waals surface area contributed by atoms with Gasteiger partial charge >= 0.3 is 0 Å². The van der Waals surface area contributed by atoms with Crippen LogP contribution in [0.4, 0.5) is 0 Å². The van der Waals surface area contributed by atoms with Gasteiger partial charge in [-0.25, -0.2) is 0 Å². The second kappa shape index (κ2) is 74.5. The summed E-state index contributed by atoms with van der Waals surface area (Å²) in [4.78, 5) is 0. The van der Waals surface area contributed by atoms with E-state index in [1.165, 1.54) is 245 Å². The Labute approximate surface area is 574 Å². The van der Waals surface area contributed by atoms with Gasteiger partial charge in [0.2, 0.25) is 0 Å². The van der Waals surface area contributed by atoms with Crippen molar-refractivity contribution in [2.45, 2.75) is 222 Å². The molecule has 0 rings (SSSR count). The fourth-order valence-corrected chi connectivity index (χ4v) is 10.7. The molecule has 0 aliphatic rings. The summed E-state index contributed by atoms with van der Waals surface area (Å²) in [6.07, 6.45) is 0. The highest BCUT2D eigenvalue weighted by Crippen LogP contribution is 2.08. The average Bonchev–Trinajstić information content (AvgIpc) is 3.53. The smallest absolute Gasteiger partial charge is 0.0757 e. The van der Waals surface area contributed by atoms with E-state index in [-0.39, 0.29) is 0 Å². The molecule has 0 spiro atoms. The molecule has 0 atom stereocenters. The van der Waals surface area contributed by atoms with E-state index < -0.39 is 20.9 Å². The molecule has 544 valence electrons. The molecule has 0 aromatic rings. The molecule has 88 heavy (non-hydrogen) atoms. The first kappa shape index (κ1) is 114. The first-order valence-corrected chi connectivity index (χ1v) is 36.8. The highest BCUT2D eigenvalue weighted by molar-refractivity contribution is 7.79. The van der Waals surface area contributed by atoms with Crippen molar-refractivity contribution in [1.29, 1.82) is 0 Å². The predicted octanol–water partition coefficient (Wildman–Crippen LogP) is 7.03. The Morgan fingerprint density at radius 2 is 0.159 bits per heavy atom. The van der Waals surface area contributed by atoms with Gasteiger partial charge in [0, 0.05) is 0 Å². The zero-order valence-corrected chi connectivity index (χ0v) is 68.4. The van der Waals surface area contributed by atoms with Gasteiger partial charge in [0.25, 0.3) is 0 Å². The van der Waals surface area contributed by atoms with Gasteiger partial charge in [-0.05, 0) is 222 Å². The van der Waals surface area contributed by atoms with Crippen molar-refractivity contribution in [3.05, 3.63) is 0 Å². The van der Waals surface area contributed by atoms with Crippen molar-refractivity contribution in [3.8, 4) is 0 Å². The van der Waals surface area contributed by atoms with Crippen molar-refractivity contribution in [3.63, 3.8) is 0 Å². The van der Waals surface area contributed by atoms with Crippen LogP contribution in [0.3, 0.4) is 0 Å². The molecule has 0 heterocycles. The Balaban J connectivity index is -0.0000000724. The molecule has 0 aromatic carbocycles. The first-order valence-electron chi connectivity index (χ1n) is 35.2. The monoisotopic (exact) mass is 1350 g/mol. The van der Waals surface area contributed by atoms with Gasteiger partial charge in [0.1, 0.15) is 0 Å². The van der Waals surface area contributed by atoms with Crippen molar-refractivity contribution >= 4 is 69.8 Å². The lowest BCUT2D eigenvalue weighted by molar-refractivity contribution is -0.921. The Morgan fingerprint density at radius 3 is 0.159 bits per heavy atom. The number of hydrogen-bond donors (Lipinski definition) is 0. The molecular formula is C68H160N8O8S4. The van der Waals surface area contributed by atoms with Gasteiger partial charge in [0.05, 0.1) is 209 Å². The molecule has 0 aliphatic carbocycles. The van der Waals surface area contributed by atoms with E-state index in [2.05, 4.69) is 270 Å². The van der Waals surface area contributed by atoms with Crippen LogP contribution in [-0.2, 0) is 0 Å². The summed E-state index contributed by atoms with van der Waals surface area (Å²) < 4.78 is 10.2. The maximum absolute atomic E-state index is 8.70. The third-order valence-electron chi connectivity index (χ3n) is 21.5. The van der Waals surface area contributed by atoms with Crippen LogP contribution < -0.4 is 40.9 Å². The van der Waals surface area contributed by atoms with E-state index >= 15 is 0 Å². The minimum atomic E-state index is -1.50. The van der Waals surface area contributed by atoms with Gasteiger partial charge < -0.3 is 76.7 Å². The van der Waals surface area contributed by atoms with Gasteiger partial charge in [-0.1, -0.05) is 0 Å². The van der Waals surface area contributed by atoms with Crippen molar-refractivity contribution < 1.29 is 76.7 Å². The second-order valence-electron chi connectivity index (χ2n) is 21.9. The van der Waals surface area contributed by atoms with Crippen molar-refractivity contribution in [2.24, 2.45) is 0 Å². The fraction of sp³-hybridized carbons (Fsp3) is 0.941. The highest BCUT2D eigenvalue weighted by Gasteiger charge is 2.21. The van der Waals surface area contributed by atoms with Crippen LogP contribution in [0.2, 0.25) is 0 Å². The summed E-state index contributed by atoms with van der Waals surface area (Å²) in [6, 6.07) is 0. The topological polar surface area (TPSA) is 184 Å². The molecule has 0 bridgehead atoms. The summed E-state index contributed by atoms with van der Waals surface area (Å²) in [5.74, 6) is 0. The molecule has 0 saturated heterocycles. The lowest BCUT2D eigenvalue weighted by Gasteiger charge is -2.34. The predicted molar refractivity (Wildman–Crippen MR) is 390 cm³/mol. The Kier molecular flexibility index (Phi) is 96.4. The van der Waals surface area contributed by atoms with Crippen LogP contribution in [-0.4, -0.2) is 266 Å². The molecule has 0 aromatic heterocycles.